The van der Waals surface area contributed by atoms with Crippen LogP contribution in [0.25, 0.3) is 33.4 Å². The minimum atomic E-state index is -0.416. The highest BCUT2D eigenvalue weighted by Gasteiger charge is 2.46. The van der Waals surface area contributed by atoms with Crippen molar-refractivity contribution in [3.63, 3.8) is 0 Å². The topological polar surface area (TPSA) is 12.0 Å². The largest absolute Gasteiger partial charge is 0.355 e. The van der Waals surface area contributed by atoms with Crippen molar-refractivity contribution in [1.82, 2.24) is 0 Å². The van der Waals surface area contributed by atoms with E-state index in [2.05, 4.69) is 189 Å². The molecule has 0 heterocycles. The summed E-state index contributed by atoms with van der Waals surface area (Å²) in [4.78, 5) is 0. The molecule has 1 N–H and O–H groups in total. The van der Waals surface area contributed by atoms with Gasteiger partial charge in [-0.15, -0.1) is 0 Å². The van der Waals surface area contributed by atoms with Crippen molar-refractivity contribution in [3.05, 3.63) is 203 Å². The van der Waals surface area contributed by atoms with Gasteiger partial charge >= 0.3 is 0 Å². The summed E-state index contributed by atoms with van der Waals surface area (Å²) in [5.74, 6) is 0. The van der Waals surface area contributed by atoms with E-state index in [-0.39, 0.29) is 5.41 Å². The fourth-order valence-corrected chi connectivity index (χ4v) is 8.35. The zero-order chi connectivity index (χ0) is 31.6. The number of hydrogen-bond donors (Lipinski definition) is 1. The Bertz CT molecular complexity index is 2240. The third-order valence-electron chi connectivity index (χ3n) is 10.5. The molecule has 9 rings (SSSR count). The van der Waals surface area contributed by atoms with Gasteiger partial charge in [0.25, 0.3) is 0 Å². The fourth-order valence-electron chi connectivity index (χ4n) is 8.35. The quantitative estimate of drug-likeness (QED) is 0.207. The number of rotatable bonds is 5. The van der Waals surface area contributed by atoms with E-state index in [4.69, 9.17) is 0 Å². The standard InChI is InChI=1S/C46H35N/c1-45(2)41-26-22-32(31-14-6-3-7-15-31)28-39(41)40-29-35(24-27-42(40)45)47-36-23-25-38-37-20-12-13-21-43(37)46(44(38)30-36,33-16-8-4-9-17-33)34-18-10-5-11-19-34/h3-30,47H,1-2H3. The zero-order valence-corrected chi connectivity index (χ0v) is 26.7. The second-order valence-corrected chi connectivity index (χ2v) is 13.4. The predicted octanol–water partition coefficient (Wildman–Crippen LogP) is 11.8. The summed E-state index contributed by atoms with van der Waals surface area (Å²) < 4.78 is 0. The van der Waals surface area contributed by atoms with Gasteiger partial charge in [-0.2, -0.15) is 0 Å². The Balaban J connectivity index is 1.17. The van der Waals surface area contributed by atoms with Crippen LogP contribution >= 0.6 is 0 Å². The van der Waals surface area contributed by atoms with E-state index in [1.807, 2.05) is 0 Å². The summed E-state index contributed by atoms with van der Waals surface area (Å²) in [7, 11) is 0. The monoisotopic (exact) mass is 601 g/mol. The SMILES string of the molecule is CC1(C)c2ccc(Nc3ccc4c(c3)C(c3ccccc3)(c3ccccc3)c3ccccc3-4)cc2-c2cc(-c3ccccc3)ccc21. The van der Waals surface area contributed by atoms with E-state index in [0.717, 1.165) is 11.4 Å². The minimum absolute atomic E-state index is 0.0528. The normalized spacial score (nSPS) is 14.5. The Kier molecular flexibility index (Phi) is 6.14. The van der Waals surface area contributed by atoms with Crippen LogP contribution in [0.2, 0.25) is 0 Å². The molecule has 0 aliphatic heterocycles. The Morgan fingerprint density at radius 2 is 0.894 bits per heavy atom. The first-order valence-electron chi connectivity index (χ1n) is 16.5. The molecule has 1 nitrogen and oxygen atoms in total. The van der Waals surface area contributed by atoms with Crippen LogP contribution in [0, 0.1) is 0 Å². The number of benzene rings is 7. The molecule has 0 atom stereocenters. The van der Waals surface area contributed by atoms with Crippen molar-refractivity contribution in [3.8, 4) is 33.4 Å². The molecule has 2 aliphatic rings. The highest BCUT2D eigenvalue weighted by molar-refractivity contribution is 5.89. The smallest absolute Gasteiger partial charge is 0.0714 e. The summed E-state index contributed by atoms with van der Waals surface area (Å²) in [5.41, 5.74) is 17.4. The van der Waals surface area contributed by atoms with Crippen LogP contribution in [0.1, 0.15) is 47.2 Å². The number of nitrogens with one attached hydrogen (secondary N) is 1. The molecule has 224 valence electrons. The summed E-state index contributed by atoms with van der Waals surface area (Å²) in [6.45, 7) is 4.69. The van der Waals surface area contributed by atoms with Gasteiger partial charge in [-0.25, -0.2) is 0 Å². The molecule has 0 saturated heterocycles. The maximum Gasteiger partial charge on any atom is 0.0714 e. The molecule has 0 unspecified atom stereocenters. The lowest BCUT2D eigenvalue weighted by Crippen LogP contribution is -2.28. The Morgan fingerprint density at radius 1 is 0.362 bits per heavy atom. The third-order valence-corrected chi connectivity index (χ3v) is 10.5. The molecule has 0 saturated carbocycles. The Morgan fingerprint density at radius 3 is 1.60 bits per heavy atom. The van der Waals surface area contributed by atoms with E-state index >= 15 is 0 Å². The second kappa shape index (κ2) is 10.4. The first kappa shape index (κ1) is 27.6. The number of anilines is 2. The molecule has 0 amide bonds. The van der Waals surface area contributed by atoms with Crippen molar-refractivity contribution in [2.45, 2.75) is 24.7 Å². The summed E-state index contributed by atoms with van der Waals surface area (Å²) in [6.07, 6.45) is 0. The maximum atomic E-state index is 3.84. The van der Waals surface area contributed by atoms with Gasteiger partial charge in [-0.1, -0.05) is 153 Å². The lowest BCUT2D eigenvalue weighted by molar-refractivity contribution is 0.660. The Hall–Kier alpha value is -5.66. The summed E-state index contributed by atoms with van der Waals surface area (Å²) in [5, 5.41) is 3.84. The molecule has 0 spiro atoms. The van der Waals surface area contributed by atoms with Crippen LogP contribution in [0.4, 0.5) is 11.4 Å². The molecular weight excluding hydrogens is 567 g/mol. The van der Waals surface area contributed by atoms with Crippen LogP contribution in [-0.4, -0.2) is 0 Å². The van der Waals surface area contributed by atoms with Gasteiger partial charge in [-0.05, 0) is 97.1 Å². The van der Waals surface area contributed by atoms with Gasteiger partial charge < -0.3 is 5.32 Å². The lowest BCUT2D eigenvalue weighted by atomic mass is 9.67. The van der Waals surface area contributed by atoms with E-state index in [1.165, 1.54) is 66.8 Å². The highest BCUT2D eigenvalue weighted by atomic mass is 14.9. The average molecular weight is 602 g/mol. The van der Waals surface area contributed by atoms with Crippen molar-refractivity contribution >= 4 is 11.4 Å². The number of hydrogen-bond acceptors (Lipinski definition) is 1. The van der Waals surface area contributed by atoms with Gasteiger partial charge in [0.05, 0.1) is 5.41 Å². The first-order valence-corrected chi connectivity index (χ1v) is 16.5. The van der Waals surface area contributed by atoms with E-state index < -0.39 is 5.41 Å². The molecule has 0 aromatic heterocycles. The van der Waals surface area contributed by atoms with Crippen LogP contribution < -0.4 is 5.32 Å². The van der Waals surface area contributed by atoms with Crippen LogP contribution in [0.5, 0.6) is 0 Å². The molecule has 47 heavy (non-hydrogen) atoms. The van der Waals surface area contributed by atoms with Crippen molar-refractivity contribution < 1.29 is 0 Å². The lowest BCUT2D eigenvalue weighted by Gasteiger charge is -2.34. The number of fused-ring (bicyclic) bond motifs is 6. The van der Waals surface area contributed by atoms with E-state index in [0.29, 0.717) is 0 Å². The third kappa shape index (κ3) is 4.09. The minimum Gasteiger partial charge on any atom is -0.355 e. The zero-order valence-electron chi connectivity index (χ0n) is 26.7. The van der Waals surface area contributed by atoms with Crippen LogP contribution in [0.3, 0.4) is 0 Å². The van der Waals surface area contributed by atoms with Crippen molar-refractivity contribution in [2.75, 3.05) is 5.32 Å². The maximum absolute atomic E-state index is 3.84. The molecule has 0 radical (unpaired) electrons. The van der Waals surface area contributed by atoms with Gasteiger partial charge in [0.2, 0.25) is 0 Å². The molecule has 7 aromatic rings. The van der Waals surface area contributed by atoms with Crippen molar-refractivity contribution in [2.24, 2.45) is 0 Å². The molecule has 2 aliphatic carbocycles. The van der Waals surface area contributed by atoms with E-state index in [1.54, 1.807) is 0 Å². The molecule has 1 heteroatoms. The van der Waals surface area contributed by atoms with Gasteiger partial charge in [-0.3, -0.25) is 0 Å². The van der Waals surface area contributed by atoms with Crippen LogP contribution in [-0.2, 0) is 10.8 Å². The van der Waals surface area contributed by atoms with Crippen LogP contribution in [0.15, 0.2) is 170 Å². The fraction of sp³-hybridized carbons (Fsp3) is 0.0870. The highest BCUT2D eigenvalue weighted by Crippen LogP contribution is 2.57. The van der Waals surface area contributed by atoms with E-state index in [9.17, 15) is 0 Å². The molecule has 0 bridgehead atoms. The van der Waals surface area contributed by atoms with Gasteiger partial charge in [0, 0.05) is 16.8 Å². The summed E-state index contributed by atoms with van der Waals surface area (Å²) >= 11 is 0. The second-order valence-electron chi connectivity index (χ2n) is 13.4. The predicted molar refractivity (Wildman–Crippen MR) is 196 cm³/mol. The average Bonchev–Trinajstić information content (AvgIpc) is 3.54. The van der Waals surface area contributed by atoms with Crippen molar-refractivity contribution in [1.29, 1.82) is 0 Å². The van der Waals surface area contributed by atoms with Gasteiger partial charge in [0.1, 0.15) is 0 Å². The molecule has 7 aromatic carbocycles. The Labute approximate surface area is 277 Å². The molecule has 0 fully saturated rings. The van der Waals surface area contributed by atoms with Gasteiger partial charge in [0.15, 0.2) is 0 Å². The first-order chi connectivity index (χ1) is 23.0. The molecular formula is C46H35N. The summed E-state index contributed by atoms with van der Waals surface area (Å²) in [6, 6.07) is 62.4.